The van der Waals surface area contributed by atoms with Crippen LogP contribution in [0.25, 0.3) is 10.8 Å². The molecule has 6 heteroatoms. The van der Waals surface area contributed by atoms with E-state index in [1.807, 2.05) is 18.2 Å². The summed E-state index contributed by atoms with van der Waals surface area (Å²) >= 11 is 0. The summed E-state index contributed by atoms with van der Waals surface area (Å²) < 4.78 is 5.86. The van der Waals surface area contributed by atoms with Crippen LogP contribution >= 0.6 is 0 Å². The van der Waals surface area contributed by atoms with E-state index in [4.69, 9.17) is 10.5 Å². The Morgan fingerprint density at radius 3 is 2.81 bits per heavy atom. The number of hydrogen-bond acceptors (Lipinski definition) is 5. The number of tetrazole rings is 1. The molecule has 0 aliphatic rings. The number of rotatable bonds is 5. The molecule has 0 saturated carbocycles. The number of ether oxygens (including phenoxy) is 1. The molecule has 6 nitrogen and oxygen atoms in total. The van der Waals surface area contributed by atoms with Gasteiger partial charge in [-0.25, -0.2) is 0 Å². The highest BCUT2D eigenvalue weighted by Gasteiger charge is 2.09. The molecule has 0 atom stereocenters. The Balaban J connectivity index is 1.91. The molecule has 0 fully saturated rings. The van der Waals surface area contributed by atoms with E-state index in [1.165, 1.54) is 15.6 Å². The zero-order valence-electron chi connectivity index (χ0n) is 11.9. The Morgan fingerprint density at radius 1 is 1.19 bits per heavy atom. The Hall–Kier alpha value is -2.47. The standard InChI is InChI=1S/C15H17N5O/c1-20-18-15(17-19-20)10-21-14-7-6-11-4-2-3-5-12(11)13(14)8-9-16/h2-7H,8-10,16H2,1H3. The smallest absolute Gasteiger partial charge is 0.212 e. The molecule has 2 N–H and O–H groups in total. The Bertz CT molecular complexity index is 753. The number of fused-ring (bicyclic) bond motifs is 1. The lowest BCUT2D eigenvalue weighted by molar-refractivity contribution is 0.293. The van der Waals surface area contributed by atoms with Gasteiger partial charge in [-0.05, 0) is 35.0 Å². The van der Waals surface area contributed by atoms with Crippen molar-refractivity contribution >= 4 is 10.8 Å². The van der Waals surface area contributed by atoms with Gasteiger partial charge in [-0.15, -0.1) is 10.2 Å². The molecule has 1 heterocycles. The van der Waals surface area contributed by atoms with Crippen molar-refractivity contribution in [3.8, 4) is 5.75 Å². The molecule has 3 aromatic rings. The van der Waals surface area contributed by atoms with Crippen molar-refractivity contribution in [3.63, 3.8) is 0 Å². The van der Waals surface area contributed by atoms with Crippen molar-refractivity contribution < 1.29 is 4.74 Å². The number of nitrogens with two attached hydrogens (primary N) is 1. The van der Waals surface area contributed by atoms with Gasteiger partial charge in [-0.3, -0.25) is 0 Å². The van der Waals surface area contributed by atoms with Crippen molar-refractivity contribution in [1.29, 1.82) is 0 Å². The van der Waals surface area contributed by atoms with E-state index in [0.29, 0.717) is 19.0 Å². The van der Waals surface area contributed by atoms with Gasteiger partial charge in [-0.2, -0.15) is 4.80 Å². The monoisotopic (exact) mass is 283 g/mol. The van der Waals surface area contributed by atoms with Crippen molar-refractivity contribution in [2.24, 2.45) is 12.8 Å². The number of hydrogen-bond donors (Lipinski definition) is 1. The number of benzene rings is 2. The maximum atomic E-state index is 5.86. The summed E-state index contributed by atoms with van der Waals surface area (Å²) in [6.07, 6.45) is 0.768. The highest BCUT2D eigenvalue weighted by molar-refractivity contribution is 5.87. The zero-order valence-corrected chi connectivity index (χ0v) is 11.9. The van der Waals surface area contributed by atoms with Gasteiger partial charge in [0.1, 0.15) is 5.75 Å². The first kappa shape index (κ1) is 13.5. The third-order valence-corrected chi connectivity index (χ3v) is 3.30. The van der Waals surface area contributed by atoms with E-state index in [-0.39, 0.29) is 0 Å². The van der Waals surface area contributed by atoms with Crippen molar-refractivity contribution in [2.75, 3.05) is 6.54 Å². The average molecular weight is 283 g/mol. The van der Waals surface area contributed by atoms with Gasteiger partial charge in [0.05, 0.1) is 7.05 Å². The number of aryl methyl sites for hydroxylation is 1. The first-order valence-electron chi connectivity index (χ1n) is 6.84. The summed E-state index contributed by atoms with van der Waals surface area (Å²) in [6.45, 7) is 0.873. The maximum Gasteiger partial charge on any atom is 0.212 e. The summed E-state index contributed by atoms with van der Waals surface area (Å²) in [5.41, 5.74) is 6.86. The fourth-order valence-electron chi connectivity index (χ4n) is 2.38. The second-order valence-electron chi connectivity index (χ2n) is 4.79. The minimum absolute atomic E-state index is 0.295. The molecule has 0 amide bonds. The number of nitrogens with zero attached hydrogens (tertiary/aromatic N) is 4. The average Bonchev–Trinajstić information content (AvgIpc) is 2.92. The van der Waals surface area contributed by atoms with Crippen LogP contribution in [0, 0.1) is 0 Å². The molecule has 0 saturated heterocycles. The van der Waals surface area contributed by atoms with E-state index in [1.54, 1.807) is 7.05 Å². The first-order chi connectivity index (χ1) is 10.3. The van der Waals surface area contributed by atoms with Crippen molar-refractivity contribution in [1.82, 2.24) is 20.2 Å². The predicted molar refractivity (Wildman–Crippen MR) is 79.8 cm³/mol. The van der Waals surface area contributed by atoms with E-state index >= 15 is 0 Å². The van der Waals surface area contributed by atoms with Gasteiger partial charge >= 0.3 is 0 Å². The topological polar surface area (TPSA) is 78.8 Å². The summed E-state index contributed by atoms with van der Waals surface area (Å²) in [4.78, 5) is 1.42. The third kappa shape index (κ3) is 2.85. The fourth-order valence-corrected chi connectivity index (χ4v) is 2.38. The van der Waals surface area contributed by atoms with Gasteiger partial charge in [-0.1, -0.05) is 30.3 Å². The maximum absolute atomic E-state index is 5.86. The molecule has 1 aromatic heterocycles. The first-order valence-corrected chi connectivity index (χ1v) is 6.84. The summed E-state index contributed by atoms with van der Waals surface area (Å²) in [6, 6.07) is 12.3. The SMILES string of the molecule is Cn1nnc(COc2ccc3ccccc3c2CCN)n1. The van der Waals surface area contributed by atoms with Gasteiger partial charge in [0, 0.05) is 5.56 Å². The largest absolute Gasteiger partial charge is 0.485 e. The van der Waals surface area contributed by atoms with Crippen LogP contribution in [0.3, 0.4) is 0 Å². The van der Waals surface area contributed by atoms with Crippen LogP contribution in [0.1, 0.15) is 11.4 Å². The lowest BCUT2D eigenvalue weighted by Crippen LogP contribution is -2.07. The molecular formula is C15H17N5O. The molecule has 0 unspecified atom stereocenters. The molecule has 0 spiro atoms. The molecule has 21 heavy (non-hydrogen) atoms. The second kappa shape index (κ2) is 5.88. The Kier molecular flexibility index (Phi) is 3.79. The molecule has 0 aliphatic carbocycles. The quantitative estimate of drug-likeness (QED) is 0.766. The van der Waals surface area contributed by atoms with Gasteiger partial charge < -0.3 is 10.5 Å². The van der Waals surface area contributed by atoms with Crippen LogP contribution < -0.4 is 10.5 Å². The van der Waals surface area contributed by atoms with Crippen LogP contribution in [0.15, 0.2) is 36.4 Å². The van der Waals surface area contributed by atoms with E-state index in [0.717, 1.165) is 17.7 Å². The second-order valence-corrected chi connectivity index (χ2v) is 4.79. The van der Waals surface area contributed by atoms with E-state index in [2.05, 4.69) is 33.6 Å². The predicted octanol–water partition coefficient (Wildman–Crippen LogP) is 1.44. The van der Waals surface area contributed by atoms with Gasteiger partial charge in [0.2, 0.25) is 5.82 Å². The molecule has 2 aromatic carbocycles. The molecule has 0 radical (unpaired) electrons. The fraction of sp³-hybridized carbons (Fsp3) is 0.267. The molecular weight excluding hydrogens is 266 g/mol. The highest BCUT2D eigenvalue weighted by Crippen LogP contribution is 2.28. The van der Waals surface area contributed by atoms with Gasteiger partial charge in [0.15, 0.2) is 6.61 Å². The van der Waals surface area contributed by atoms with E-state index < -0.39 is 0 Å². The summed E-state index contributed by atoms with van der Waals surface area (Å²) in [5, 5.41) is 14.2. The van der Waals surface area contributed by atoms with E-state index in [9.17, 15) is 0 Å². The van der Waals surface area contributed by atoms with Crippen LogP contribution in [0.5, 0.6) is 5.75 Å². The minimum atomic E-state index is 0.295. The minimum Gasteiger partial charge on any atom is -0.485 e. The molecule has 0 bridgehead atoms. The lowest BCUT2D eigenvalue weighted by atomic mass is 10.0. The normalized spacial score (nSPS) is 11.0. The van der Waals surface area contributed by atoms with Crippen LogP contribution in [0.4, 0.5) is 0 Å². The summed E-state index contributed by atoms with van der Waals surface area (Å²) in [5.74, 6) is 1.39. The van der Waals surface area contributed by atoms with Crippen molar-refractivity contribution in [3.05, 3.63) is 47.8 Å². The molecule has 108 valence electrons. The van der Waals surface area contributed by atoms with Gasteiger partial charge in [0.25, 0.3) is 0 Å². The molecule has 0 aliphatic heterocycles. The van der Waals surface area contributed by atoms with Crippen LogP contribution in [-0.4, -0.2) is 26.8 Å². The molecule has 3 rings (SSSR count). The summed E-state index contributed by atoms with van der Waals surface area (Å²) in [7, 11) is 1.73. The third-order valence-electron chi connectivity index (χ3n) is 3.30. The zero-order chi connectivity index (χ0) is 14.7. The lowest BCUT2D eigenvalue weighted by Gasteiger charge is -2.12. The highest BCUT2D eigenvalue weighted by atomic mass is 16.5. The Labute approximate surface area is 122 Å². The Morgan fingerprint density at radius 2 is 2.05 bits per heavy atom. The van der Waals surface area contributed by atoms with Crippen LogP contribution in [0.2, 0.25) is 0 Å². The van der Waals surface area contributed by atoms with Crippen molar-refractivity contribution in [2.45, 2.75) is 13.0 Å². The van der Waals surface area contributed by atoms with Crippen LogP contribution in [-0.2, 0) is 20.1 Å². The number of aromatic nitrogens is 4.